The number of nitro groups is 1. The molecule has 3 aromatic rings. The lowest BCUT2D eigenvalue weighted by molar-refractivity contribution is -0.384. The van der Waals surface area contributed by atoms with Crippen LogP contribution in [0.25, 0.3) is 11.5 Å². The first-order valence-corrected chi connectivity index (χ1v) is 7.45. The molecule has 1 N–H and O–H groups in total. The lowest BCUT2D eigenvalue weighted by atomic mass is 10.1. The molecule has 0 atom stereocenters. The summed E-state index contributed by atoms with van der Waals surface area (Å²) in [6, 6.07) is 13.1. The topological polar surface area (TPSA) is 111 Å². The SMILES string of the molecule is Cc1ccc(-c2nc(CNC(=O)c3cccc([N+](=O)[O-])c3)no2)cc1. The predicted octanol–water partition coefficient (Wildman–Crippen LogP) is 2.88. The summed E-state index contributed by atoms with van der Waals surface area (Å²) in [6.45, 7) is 2.03. The number of rotatable bonds is 5. The second-order valence-corrected chi connectivity index (χ2v) is 5.37. The fraction of sp³-hybridized carbons (Fsp3) is 0.118. The summed E-state index contributed by atoms with van der Waals surface area (Å²) in [5, 5.41) is 17.2. The number of aromatic nitrogens is 2. The highest BCUT2D eigenvalue weighted by atomic mass is 16.6. The van der Waals surface area contributed by atoms with Crippen LogP contribution in [0.15, 0.2) is 53.1 Å². The van der Waals surface area contributed by atoms with Crippen molar-refractivity contribution in [1.29, 1.82) is 0 Å². The van der Waals surface area contributed by atoms with Crippen LogP contribution in [0.3, 0.4) is 0 Å². The molecule has 3 rings (SSSR count). The van der Waals surface area contributed by atoms with E-state index in [2.05, 4.69) is 15.5 Å². The van der Waals surface area contributed by atoms with Crippen LogP contribution in [0, 0.1) is 17.0 Å². The van der Waals surface area contributed by atoms with Gasteiger partial charge < -0.3 is 9.84 Å². The van der Waals surface area contributed by atoms with E-state index in [0.717, 1.165) is 11.1 Å². The summed E-state index contributed by atoms with van der Waals surface area (Å²) >= 11 is 0. The number of amides is 1. The average molecular weight is 338 g/mol. The third kappa shape index (κ3) is 3.86. The van der Waals surface area contributed by atoms with Crippen LogP contribution in [0.5, 0.6) is 0 Å². The Morgan fingerprint density at radius 1 is 1.24 bits per heavy atom. The zero-order valence-electron chi connectivity index (χ0n) is 13.3. The van der Waals surface area contributed by atoms with Crippen LogP contribution in [0.1, 0.15) is 21.7 Å². The van der Waals surface area contributed by atoms with Crippen molar-refractivity contribution in [3.05, 3.63) is 75.6 Å². The highest BCUT2D eigenvalue weighted by Crippen LogP contribution is 2.17. The third-order valence-electron chi connectivity index (χ3n) is 3.49. The third-order valence-corrected chi connectivity index (χ3v) is 3.49. The standard InChI is InChI=1S/C17H14N4O4/c1-11-5-7-12(8-6-11)17-19-15(20-25-17)10-18-16(22)13-3-2-4-14(9-13)21(23)24/h2-9H,10H2,1H3,(H,18,22). The molecule has 0 fully saturated rings. The van der Waals surface area contributed by atoms with Crippen molar-refractivity contribution >= 4 is 11.6 Å². The van der Waals surface area contributed by atoms with Gasteiger partial charge in [-0.15, -0.1) is 0 Å². The van der Waals surface area contributed by atoms with Crippen molar-refractivity contribution in [2.24, 2.45) is 0 Å². The molecule has 0 radical (unpaired) electrons. The molecule has 25 heavy (non-hydrogen) atoms. The van der Waals surface area contributed by atoms with Crippen LogP contribution < -0.4 is 5.32 Å². The number of carbonyl (C=O) groups is 1. The minimum atomic E-state index is -0.552. The molecular weight excluding hydrogens is 324 g/mol. The van der Waals surface area contributed by atoms with Crippen molar-refractivity contribution < 1.29 is 14.2 Å². The summed E-state index contributed by atoms with van der Waals surface area (Å²) in [6.07, 6.45) is 0. The monoisotopic (exact) mass is 338 g/mol. The molecule has 1 heterocycles. The molecule has 0 aliphatic carbocycles. The van der Waals surface area contributed by atoms with Crippen molar-refractivity contribution in [3.8, 4) is 11.5 Å². The fourth-order valence-electron chi connectivity index (χ4n) is 2.16. The van der Waals surface area contributed by atoms with E-state index in [1.54, 1.807) is 0 Å². The molecule has 2 aromatic carbocycles. The number of nitrogens with zero attached hydrogens (tertiary/aromatic N) is 3. The van der Waals surface area contributed by atoms with E-state index in [1.165, 1.54) is 24.3 Å². The van der Waals surface area contributed by atoms with E-state index < -0.39 is 10.8 Å². The smallest absolute Gasteiger partial charge is 0.270 e. The first-order valence-electron chi connectivity index (χ1n) is 7.45. The van der Waals surface area contributed by atoms with E-state index in [1.807, 2.05) is 31.2 Å². The Kier molecular flexibility index (Phi) is 4.51. The summed E-state index contributed by atoms with van der Waals surface area (Å²) < 4.78 is 5.18. The van der Waals surface area contributed by atoms with Crippen molar-refractivity contribution in [1.82, 2.24) is 15.5 Å². The molecule has 0 saturated carbocycles. The van der Waals surface area contributed by atoms with Gasteiger partial charge in [0, 0.05) is 23.3 Å². The molecule has 0 unspecified atom stereocenters. The Labute approximate surface area is 142 Å². The first kappa shape index (κ1) is 16.3. The lowest BCUT2D eigenvalue weighted by Crippen LogP contribution is -2.23. The number of non-ortho nitro benzene ring substituents is 1. The Hall–Kier alpha value is -3.55. The molecule has 8 heteroatoms. The van der Waals surface area contributed by atoms with Gasteiger partial charge in [0.1, 0.15) is 0 Å². The molecule has 1 aromatic heterocycles. The van der Waals surface area contributed by atoms with Gasteiger partial charge in [0.15, 0.2) is 5.82 Å². The molecule has 0 aliphatic heterocycles. The lowest BCUT2D eigenvalue weighted by Gasteiger charge is -2.02. The van der Waals surface area contributed by atoms with Crippen LogP contribution in [0.4, 0.5) is 5.69 Å². The average Bonchev–Trinajstić information content (AvgIpc) is 3.09. The van der Waals surface area contributed by atoms with Crippen molar-refractivity contribution in [2.75, 3.05) is 0 Å². The van der Waals surface area contributed by atoms with Crippen LogP contribution in [-0.2, 0) is 6.54 Å². The van der Waals surface area contributed by atoms with Crippen molar-refractivity contribution in [3.63, 3.8) is 0 Å². The van der Waals surface area contributed by atoms with Gasteiger partial charge in [0.2, 0.25) is 0 Å². The summed E-state index contributed by atoms with van der Waals surface area (Å²) in [4.78, 5) is 26.5. The minimum absolute atomic E-state index is 0.0525. The fourth-order valence-corrected chi connectivity index (χ4v) is 2.16. The van der Waals surface area contributed by atoms with E-state index >= 15 is 0 Å². The molecule has 126 valence electrons. The van der Waals surface area contributed by atoms with Gasteiger partial charge >= 0.3 is 0 Å². The second kappa shape index (κ2) is 6.91. The number of benzene rings is 2. The predicted molar refractivity (Wildman–Crippen MR) is 88.7 cm³/mol. The van der Waals surface area contributed by atoms with Gasteiger partial charge in [-0.05, 0) is 25.1 Å². The van der Waals surface area contributed by atoms with Gasteiger partial charge in [-0.3, -0.25) is 14.9 Å². The number of hydrogen-bond acceptors (Lipinski definition) is 6. The van der Waals surface area contributed by atoms with Crippen LogP contribution in [0.2, 0.25) is 0 Å². The Morgan fingerprint density at radius 2 is 2.00 bits per heavy atom. The zero-order chi connectivity index (χ0) is 17.8. The molecule has 8 nitrogen and oxygen atoms in total. The highest BCUT2D eigenvalue weighted by Gasteiger charge is 2.13. The number of nitrogens with one attached hydrogen (secondary N) is 1. The molecule has 0 bridgehead atoms. The molecule has 0 spiro atoms. The van der Waals surface area contributed by atoms with Gasteiger partial charge in [-0.1, -0.05) is 28.9 Å². The van der Waals surface area contributed by atoms with Gasteiger partial charge in [0.25, 0.3) is 17.5 Å². The van der Waals surface area contributed by atoms with Gasteiger partial charge in [0.05, 0.1) is 11.5 Å². The number of nitro benzene ring substituents is 1. The first-order chi connectivity index (χ1) is 12.0. The second-order valence-electron chi connectivity index (χ2n) is 5.37. The van der Waals surface area contributed by atoms with Gasteiger partial charge in [-0.2, -0.15) is 4.98 Å². The maximum atomic E-state index is 12.1. The van der Waals surface area contributed by atoms with E-state index in [-0.39, 0.29) is 17.8 Å². The van der Waals surface area contributed by atoms with Crippen molar-refractivity contribution in [2.45, 2.75) is 13.5 Å². The van der Waals surface area contributed by atoms with Crippen LogP contribution >= 0.6 is 0 Å². The number of aryl methyl sites for hydroxylation is 1. The number of hydrogen-bond donors (Lipinski definition) is 1. The molecule has 0 saturated heterocycles. The molecular formula is C17H14N4O4. The van der Waals surface area contributed by atoms with E-state index in [4.69, 9.17) is 4.52 Å². The van der Waals surface area contributed by atoms with Crippen LogP contribution in [-0.4, -0.2) is 21.0 Å². The highest BCUT2D eigenvalue weighted by molar-refractivity contribution is 5.94. The summed E-state index contributed by atoms with van der Waals surface area (Å²) in [5.74, 6) is 0.222. The van der Waals surface area contributed by atoms with E-state index in [9.17, 15) is 14.9 Å². The Morgan fingerprint density at radius 3 is 2.72 bits per heavy atom. The maximum Gasteiger partial charge on any atom is 0.270 e. The quantitative estimate of drug-likeness (QED) is 0.565. The zero-order valence-corrected chi connectivity index (χ0v) is 13.3. The van der Waals surface area contributed by atoms with E-state index in [0.29, 0.717) is 11.7 Å². The minimum Gasteiger partial charge on any atom is -0.345 e. The Balaban J connectivity index is 1.66. The molecule has 0 aliphatic rings. The number of carbonyl (C=O) groups excluding carboxylic acids is 1. The van der Waals surface area contributed by atoms with Gasteiger partial charge in [-0.25, -0.2) is 0 Å². The normalized spacial score (nSPS) is 10.4. The maximum absolute atomic E-state index is 12.1. The molecule has 1 amide bonds. The Bertz CT molecular complexity index is 918. The summed E-state index contributed by atoms with van der Waals surface area (Å²) in [7, 11) is 0. The largest absolute Gasteiger partial charge is 0.345 e. The summed E-state index contributed by atoms with van der Waals surface area (Å²) in [5.41, 5.74) is 1.95.